The van der Waals surface area contributed by atoms with Crippen LogP contribution in [-0.4, -0.2) is 45.8 Å². The Morgan fingerprint density at radius 2 is 2.00 bits per heavy atom. The quantitative estimate of drug-likeness (QED) is 0.304. The highest BCUT2D eigenvalue weighted by molar-refractivity contribution is 7.07. The maximum Gasteiger partial charge on any atom is 0.334 e. The number of carboxylic acid groups (broad SMARTS) is 1. The number of rotatable bonds is 8. The number of nitrogens with zero attached hydrogens (tertiary/aromatic N) is 2. The van der Waals surface area contributed by atoms with Crippen LogP contribution >= 0.6 is 22.9 Å². The van der Waals surface area contributed by atoms with Gasteiger partial charge in [-0.05, 0) is 86.2 Å². The van der Waals surface area contributed by atoms with Crippen molar-refractivity contribution in [3.05, 3.63) is 104 Å². The predicted octanol–water partition coefficient (Wildman–Crippen LogP) is 6.91. The van der Waals surface area contributed by atoms with Crippen LogP contribution in [0.4, 0.5) is 0 Å². The third-order valence-electron chi connectivity index (χ3n) is 7.29. The molecule has 2 aliphatic carbocycles. The van der Waals surface area contributed by atoms with Crippen molar-refractivity contribution in [2.45, 2.75) is 58.2 Å². The summed E-state index contributed by atoms with van der Waals surface area (Å²) in [4.78, 5) is 18.9. The van der Waals surface area contributed by atoms with Gasteiger partial charge in [-0.1, -0.05) is 35.7 Å². The number of allylic oxidation sites excluding steroid dienone is 2. The molecule has 3 unspecified atom stereocenters. The van der Waals surface area contributed by atoms with Crippen LogP contribution < -0.4 is 0 Å². The highest BCUT2D eigenvalue weighted by Crippen LogP contribution is 2.52. The molecule has 2 aliphatic rings. The summed E-state index contributed by atoms with van der Waals surface area (Å²) in [5.41, 5.74) is 8.90. The molecule has 1 saturated carbocycles. The Morgan fingerprint density at radius 1 is 1.23 bits per heavy atom. The van der Waals surface area contributed by atoms with E-state index in [1.807, 2.05) is 54.8 Å². The summed E-state index contributed by atoms with van der Waals surface area (Å²) < 4.78 is 6.20. The lowest BCUT2D eigenvalue weighted by molar-refractivity contribution is -0.132. The summed E-state index contributed by atoms with van der Waals surface area (Å²) in [6.45, 7) is 8.89. The van der Waals surface area contributed by atoms with Gasteiger partial charge in [-0.15, -0.1) is 11.3 Å². The first kappa shape index (κ1) is 27.2. The van der Waals surface area contributed by atoms with Crippen molar-refractivity contribution >= 4 is 34.5 Å². The molecule has 0 amide bonds. The highest BCUT2D eigenvalue weighted by Gasteiger charge is 2.57. The molecule has 0 saturated heterocycles. The van der Waals surface area contributed by atoms with E-state index in [0.29, 0.717) is 23.6 Å². The lowest BCUT2D eigenvalue weighted by atomic mass is 10.0. The fraction of sp³-hybridized carbons (Fsp3) is 0.312. The van der Waals surface area contributed by atoms with Crippen LogP contribution in [-0.2, 0) is 9.53 Å². The minimum atomic E-state index is -0.888. The normalized spacial score (nSPS) is 20.1. The number of aliphatic carboxylic acids is 1. The first-order chi connectivity index (χ1) is 18.8. The van der Waals surface area contributed by atoms with E-state index in [9.17, 15) is 9.90 Å². The molecule has 7 heteroatoms. The van der Waals surface area contributed by atoms with E-state index in [-0.39, 0.29) is 24.1 Å². The number of aryl methyl sites for hydroxylation is 1. The number of hydrogen-bond acceptors (Lipinski definition) is 5. The van der Waals surface area contributed by atoms with Gasteiger partial charge in [0.15, 0.2) is 0 Å². The lowest BCUT2D eigenvalue weighted by Crippen LogP contribution is -2.35. The number of thiazole rings is 1. The highest BCUT2D eigenvalue weighted by atomic mass is 35.5. The minimum absolute atomic E-state index is 0.0205. The molecule has 2 aromatic carbocycles. The zero-order chi connectivity index (χ0) is 27.7. The molecule has 1 N–H and O–H groups in total. The van der Waals surface area contributed by atoms with Gasteiger partial charge in [0.1, 0.15) is 5.69 Å². The fourth-order valence-corrected chi connectivity index (χ4v) is 6.23. The Labute approximate surface area is 238 Å². The molecule has 3 atom stereocenters. The predicted molar refractivity (Wildman–Crippen MR) is 157 cm³/mol. The number of aromatic nitrogens is 1. The van der Waals surface area contributed by atoms with Crippen molar-refractivity contribution in [1.29, 1.82) is 0 Å². The second kappa shape index (κ2) is 11.4. The van der Waals surface area contributed by atoms with Gasteiger partial charge in [0.25, 0.3) is 0 Å². The molecule has 5 rings (SSSR count). The largest absolute Gasteiger partial charge is 0.478 e. The maximum atomic E-state index is 12.5. The maximum absolute atomic E-state index is 12.5. The topological polar surface area (TPSA) is 62.7 Å². The van der Waals surface area contributed by atoms with Gasteiger partial charge in [-0.25, -0.2) is 9.78 Å². The van der Waals surface area contributed by atoms with Crippen molar-refractivity contribution in [1.82, 2.24) is 9.88 Å². The van der Waals surface area contributed by atoms with Gasteiger partial charge in [0, 0.05) is 46.7 Å². The van der Waals surface area contributed by atoms with Gasteiger partial charge in [-0.2, -0.15) is 0 Å². The molecule has 3 aromatic rings. The van der Waals surface area contributed by atoms with E-state index >= 15 is 0 Å². The zero-order valence-electron chi connectivity index (χ0n) is 22.4. The average molecular weight is 559 g/mol. The van der Waals surface area contributed by atoms with Crippen molar-refractivity contribution in [3.8, 4) is 11.8 Å². The standard InChI is InChI=1S/C32H31ClN2O3S/c1-5-38-31-29(26-13-11-24(33)14-20(26)4)30(31)35(19(2)3)28-16-23(15-27(28)32(36)37)22-9-6-21(7-10-22)8-12-25-17-39-18-34-25/h6-7,9-11,13-14,16-19,29-31H,5,15H2,1-4H3,(H,36,37). The van der Waals surface area contributed by atoms with Crippen LogP contribution in [0.5, 0.6) is 0 Å². The molecular formula is C32H31ClN2O3S. The molecule has 1 fully saturated rings. The van der Waals surface area contributed by atoms with Crippen molar-refractivity contribution in [3.63, 3.8) is 0 Å². The molecule has 200 valence electrons. The van der Waals surface area contributed by atoms with Crippen LogP contribution in [0.15, 0.2) is 70.7 Å². The second-order valence-electron chi connectivity index (χ2n) is 10.2. The van der Waals surface area contributed by atoms with Gasteiger partial charge >= 0.3 is 5.97 Å². The van der Waals surface area contributed by atoms with Crippen LogP contribution in [0.3, 0.4) is 0 Å². The molecule has 0 bridgehead atoms. The number of carbonyl (C=O) groups is 1. The molecule has 39 heavy (non-hydrogen) atoms. The minimum Gasteiger partial charge on any atom is -0.478 e. The van der Waals surface area contributed by atoms with Crippen molar-refractivity contribution < 1.29 is 14.6 Å². The molecule has 0 spiro atoms. The molecular weight excluding hydrogens is 528 g/mol. The van der Waals surface area contributed by atoms with Gasteiger partial charge < -0.3 is 14.7 Å². The van der Waals surface area contributed by atoms with E-state index in [1.54, 1.807) is 5.51 Å². The Hall–Kier alpha value is -3.37. The van der Waals surface area contributed by atoms with E-state index in [0.717, 1.165) is 33.7 Å². The monoisotopic (exact) mass is 558 g/mol. The Bertz CT molecular complexity index is 1500. The van der Waals surface area contributed by atoms with Crippen molar-refractivity contribution in [2.24, 2.45) is 0 Å². The van der Waals surface area contributed by atoms with Crippen LogP contribution in [0, 0.1) is 18.8 Å². The summed E-state index contributed by atoms with van der Waals surface area (Å²) >= 11 is 7.76. The smallest absolute Gasteiger partial charge is 0.334 e. The lowest BCUT2D eigenvalue weighted by Gasteiger charge is -2.31. The molecule has 5 nitrogen and oxygen atoms in total. The summed E-state index contributed by atoms with van der Waals surface area (Å²) in [6, 6.07) is 14.1. The van der Waals surface area contributed by atoms with E-state index in [4.69, 9.17) is 16.3 Å². The number of halogens is 1. The van der Waals surface area contributed by atoms with Crippen LogP contribution in [0.25, 0.3) is 5.57 Å². The third-order valence-corrected chi connectivity index (χ3v) is 8.11. The van der Waals surface area contributed by atoms with Gasteiger partial charge in [-0.3, -0.25) is 0 Å². The molecule has 1 aromatic heterocycles. The summed E-state index contributed by atoms with van der Waals surface area (Å²) in [5.74, 6) is 5.46. The average Bonchev–Trinajstić information content (AvgIpc) is 3.26. The van der Waals surface area contributed by atoms with Crippen molar-refractivity contribution in [2.75, 3.05) is 6.61 Å². The second-order valence-corrected chi connectivity index (χ2v) is 11.3. The summed E-state index contributed by atoms with van der Waals surface area (Å²) in [6.07, 6.45) is 2.40. The third kappa shape index (κ3) is 5.67. The first-order valence-corrected chi connectivity index (χ1v) is 14.4. The Morgan fingerprint density at radius 3 is 2.62 bits per heavy atom. The number of carboxylic acids is 1. The van der Waals surface area contributed by atoms with Gasteiger partial charge in [0.05, 0.1) is 23.2 Å². The van der Waals surface area contributed by atoms with Gasteiger partial charge in [0.2, 0.25) is 0 Å². The first-order valence-electron chi connectivity index (χ1n) is 13.1. The zero-order valence-corrected chi connectivity index (χ0v) is 24.0. The van der Waals surface area contributed by atoms with E-state index < -0.39 is 5.97 Å². The number of hydrogen-bond donors (Lipinski definition) is 1. The molecule has 1 heterocycles. The SMILES string of the molecule is CCOC1C(c2ccc(Cl)cc2C)C1N(C1=C(C(=O)O)CC(c2ccc(C#Cc3cscn3)cc2)=C1)C(C)C. The fourth-order valence-electron chi connectivity index (χ4n) is 5.51. The summed E-state index contributed by atoms with van der Waals surface area (Å²) in [5, 5.41) is 12.9. The summed E-state index contributed by atoms with van der Waals surface area (Å²) in [7, 11) is 0. The van der Waals surface area contributed by atoms with Crippen LogP contribution in [0.2, 0.25) is 5.02 Å². The number of benzene rings is 2. The van der Waals surface area contributed by atoms with E-state index in [2.05, 4.69) is 48.6 Å². The number of ether oxygens (including phenoxy) is 1. The van der Waals surface area contributed by atoms with E-state index in [1.165, 1.54) is 16.9 Å². The Balaban J connectivity index is 1.46. The Kier molecular flexibility index (Phi) is 7.95. The molecule has 0 aliphatic heterocycles. The molecule has 0 radical (unpaired) electrons. The van der Waals surface area contributed by atoms with Crippen LogP contribution in [0.1, 0.15) is 61.1 Å².